The van der Waals surface area contributed by atoms with Crippen LogP contribution in [0.5, 0.6) is 0 Å². The molecule has 0 bridgehead atoms. The third kappa shape index (κ3) is 4.96. The van der Waals surface area contributed by atoms with Gasteiger partial charge in [0.25, 0.3) is 0 Å². The molecular formula is C23H37Cl2NOSi. The molecular weight excluding hydrogens is 405 g/mol. The molecule has 2 unspecified atom stereocenters. The van der Waals surface area contributed by atoms with E-state index in [-0.39, 0.29) is 6.10 Å². The molecule has 2 nitrogen and oxygen atoms in total. The van der Waals surface area contributed by atoms with E-state index in [9.17, 15) is 0 Å². The maximum Gasteiger partial charge on any atom is 0.192 e. The van der Waals surface area contributed by atoms with Gasteiger partial charge in [0.1, 0.15) is 0 Å². The quantitative estimate of drug-likeness (QED) is 0.377. The molecule has 2 aliphatic carbocycles. The maximum absolute atomic E-state index is 7.10. The summed E-state index contributed by atoms with van der Waals surface area (Å²) in [5, 5.41) is 1.34. The molecule has 1 heterocycles. The van der Waals surface area contributed by atoms with Crippen molar-refractivity contribution < 1.29 is 4.43 Å². The van der Waals surface area contributed by atoms with Gasteiger partial charge in [-0.15, -0.1) is 0 Å². The molecule has 0 radical (unpaired) electrons. The van der Waals surface area contributed by atoms with Gasteiger partial charge in [0.05, 0.1) is 16.1 Å². The van der Waals surface area contributed by atoms with Crippen molar-refractivity contribution in [2.45, 2.75) is 96.4 Å². The van der Waals surface area contributed by atoms with Crippen LogP contribution in [0.1, 0.15) is 83.8 Å². The number of nitrogens with zero attached hydrogens (tertiary/aromatic N) is 1. The molecule has 5 heteroatoms. The Morgan fingerprint density at radius 3 is 2.11 bits per heavy atom. The summed E-state index contributed by atoms with van der Waals surface area (Å²) < 4.78 is 7.10. The molecule has 2 aliphatic rings. The lowest BCUT2D eigenvalue weighted by Crippen LogP contribution is -2.39. The summed E-state index contributed by atoms with van der Waals surface area (Å²) in [5.74, 6) is 2.31. The summed E-state index contributed by atoms with van der Waals surface area (Å²) in [6.07, 6.45) is 14.5. The minimum Gasteiger partial charge on any atom is -0.410 e. The lowest BCUT2D eigenvalue weighted by Gasteiger charge is -2.37. The molecule has 0 amide bonds. The molecule has 28 heavy (non-hydrogen) atoms. The predicted octanol–water partition coefficient (Wildman–Crippen LogP) is 8.45. The average Bonchev–Trinajstić information content (AvgIpc) is 3.21. The van der Waals surface area contributed by atoms with Gasteiger partial charge in [-0.25, -0.2) is 0 Å². The molecule has 0 saturated heterocycles. The molecule has 1 aromatic rings. The summed E-state index contributed by atoms with van der Waals surface area (Å²) in [7, 11) is -1.78. The average molecular weight is 443 g/mol. The van der Waals surface area contributed by atoms with Crippen molar-refractivity contribution >= 4 is 31.5 Å². The highest BCUT2D eigenvalue weighted by atomic mass is 35.5. The molecule has 0 N–H and O–H groups in total. The van der Waals surface area contributed by atoms with E-state index >= 15 is 0 Å². The summed E-state index contributed by atoms with van der Waals surface area (Å²) in [5.41, 5.74) is 1.000. The Kier molecular flexibility index (Phi) is 8.30. The van der Waals surface area contributed by atoms with E-state index in [2.05, 4.69) is 25.8 Å². The summed E-state index contributed by atoms with van der Waals surface area (Å²) in [6, 6.07) is 3.45. The zero-order chi connectivity index (χ0) is 20.1. The maximum atomic E-state index is 7.10. The van der Waals surface area contributed by atoms with Crippen molar-refractivity contribution in [2.24, 2.45) is 17.8 Å². The SMILES string of the molecule is CC[Si](CC)(CC)OC(c1c(Cl)cncc1Cl)C1CC[C@H](C2CCCCC2)C1. The van der Waals surface area contributed by atoms with Crippen molar-refractivity contribution in [1.29, 1.82) is 0 Å². The molecule has 2 saturated carbocycles. The number of halogens is 2. The molecule has 0 aliphatic heterocycles. The van der Waals surface area contributed by atoms with Gasteiger partial charge < -0.3 is 4.43 Å². The molecule has 0 aromatic carbocycles. The standard InChI is InChI=1S/C23H37Cl2NOSi/c1-4-28(5-2,6-3)27-23(22-20(24)15-26-16-21(22)25)19-13-12-18(14-19)17-10-8-7-9-11-17/h15-19,23H,4-14H2,1-3H3/t18-,19?,23?/m0/s1. The van der Waals surface area contributed by atoms with Crippen LogP contribution in [-0.4, -0.2) is 13.3 Å². The first-order valence-electron chi connectivity index (χ1n) is 11.5. The Morgan fingerprint density at radius 2 is 1.54 bits per heavy atom. The second-order valence-corrected chi connectivity index (χ2v) is 14.6. The smallest absolute Gasteiger partial charge is 0.192 e. The van der Waals surface area contributed by atoms with E-state index in [0.29, 0.717) is 16.0 Å². The van der Waals surface area contributed by atoms with E-state index in [1.807, 2.05) is 0 Å². The third-order valence-corrected chi connectivity index (χ3v) is 13.0. The predicted molar refractivity (Wildman–Crippen MR) is 123 cm³/mol. The molecule has 1 aromatic heterocycles. The van der Waals surface area contributed by atoms with Crippen LogP contribution in [0.3, 0.4) is 0 Å². The van der Waals surface area contributed by atoms with Crippen LogP contribution in [0.15, 0.2) is 12.4 Å². The Labute approximate surface area is 182 Å². The van der Waals surface area contributed by atoms with E-state index in [4.69, 9.17) is 27.6 Å². The van der Waals surface area contributed by atoms with Crippen LogP contribution in [0.2, 0.25) is 28.2 Å². The first-order chi connectivity index (χ1) is 13.5. The first kappa shape index (κ1) is 22.6. The van der Waals surface area contributed by atoms with Crippen LogP contribution >= 0.6 is 23.2 Å². The minimum absolute atomic E-state index is 0.0307. The van der Waals surface area contributed by atoms with Crippen LogP contribution in [0, 0.1) is 17.8 Å². The summed E-state index contributed by atoms with van der Waals surface area (Å²) in [4.78, 5) is 4.19. The Morgan fingerprint density at radius 1 is 0.929 bits per heavy atom. The first-order valence-corrected chi connectivity index (χ1v) is 14.8. The van der Waals surface area contributed by atoms with Crippen molar-refractivity contribution in [3.8, 4) is 0 Å². The fourth-order valence-corrected chi connectivity index (χ4v) is 9.14. The van der Waals surface area contributed by atoms with E-state index in [1.165, 1.54) is 51.4 Å². The second-order valence-electron chi connectivity index (χ2n) is 9.03. The van der Waals surface area contributed by atoms with Gasteiger partial charge in [0, 0.05) is 18.0 Å². The van der Waals surface area contributed by atoms with Gasteiger partial charge in [0.15, 0.2) is 8.32 Å². The van der Waals surface area contributed by atoms with Crippen molar-refractivity contribution in [3.63, 3.8) is 0 Å². The highest BCUT2D eigenvalue weighted by molar-refractivity contribution is 6.73. The summed E-state index contributed by atoms with van der Waals surface area (Å²) in [6.45, 7) is 6.89. The van der Waals surface area contributed by atoms with Gasteiger partial charge in [-0.1, -0.05) is 76.1 Å². The topological polar surface area (TPSA) is 22.1 Å². The highest BCUT2D eigenvalue weighted by Crippen LogP contribution is 2.50. The van der Waals surface area contributed by atoms with E-state index in [1.54, 1.807) is 12.4 Å². The van der Waals surface area contributed by atoms with Crippen LogP contribution in [0.4, 0.5) is 0 Å². The molecule has 0 spiro atoms. The lowest BCUT2D eigenvalue weighted by molar-refractivity contribution is 0.117. The van der Waals surface area contributed by atoms with Gasteiger partial charge >= 0.3 is 0 Å². The van der Waals surface area contributed by atoms with Crippen LogP contribution in [0.25, 0.3) is 0 Å². The van der Waals surface area contributed by atoms with Gasteiger partial charge in [0.2, 0.25) is 0 Å². The minimum atomic E-state index is -1.78. The number of pyridine rings is 1. The number of rotatable bonds is 8. The second kappa shape index (κ2) is 10.3. The third-order valence-electron chi connectivity index (χ3n) is 7.74. The molecule has 3 atom stereocenters. The van der Waals surface area contributed by atoms with Gasteiger partial charge in [-0.3, -0.25) is 4.98 Å². The van der Waals surface area contributed by atoms with E-state index in [0.717, 1.165) is 35.5 Å². The Balaban J connectivity index is 1.86. The largest absolute Gasteiger partial charge is 0.410 e. The van der Waals surface area contributed by atoms with Crippen LogP contribution < -0.4 is 0 Å². The highest BCUT2D eigenvalue weighted by Gasteiger charge is 2.41. The van der Waals surface area contributed by atoms with E-state index < -0.39 is 8.32 Å². The molecule has 158 valence electrons. The number of aromatic nitrogens is 1. The molecule has 3 rings (SSSR count). The Bertz CT molecular complexity index is 603. The van der Waals surface area contributed by atoms with Crippen molar-refractivity contribution in [2.75, 3.05) is 0 Å². The Hall–Kier alpha value is -0.0931. The van der Waals surface area contributed by atoms with Gasteiger partial charge in [-0.05, 0) is 55.1 Å². The fourth-order valence-electron chi connectivity index (χ4n) is 5.71. The fraction of sp³-hybridized carbons (Fsp3) is 0.783. The van der Waals surface area contributed by atoms with Crippen LogP contribution in [-0.2, 0) is 4.43 Å². The zero-order valence-corrected chi connectivity index (χ0v) is 20.4. The normalized spacial score (nSPS) is 25.2. The van der Waals surface area contributed by atoms with Crippen molar-refractivity contribution in [1.82, 2.24) is 4.98 Å². The van der Waals surface area contributed by atoms with Crippen molar-refractivity contribution in [3.05, 3.63) is 28.0 Å². The number of hydrogen-bond acceptors (Lipinski definition) is 2. The summed E-state index contributed by atoms with van der Waals surface area (Å²) >= 11 is 13.3. The number of hydrogen-bond donors (Lipinski definition) is 0. The zero-order valence-electron chi connectivity index (χ0n) is 17.9. The monoisotopic (exact) mass is 441 g/mol. The van der Waals surface area contributed by atoms with Gasteiger partial charge in [-0.2, -0.15) is 0 Å². The molecule has 2 fully saturated rings. The lowest BCUT2D eigenvalue weighted by atomic mass is 9.78.